The fraction of sp³-hybridized carbons (Fsp3) is 0.690. The molecule has 2 aromatic carbocycles. The molecule has 3 aliphatic heterocycles. The average Bonchev–Trinajstić information content (AvgIpc) is 2.99. The van der Waals surface area contributed by atoms with E-state index in [0.717, 1.165) is 45.1 Å². The zero-order chi connectivity index (χ0) is 35.6. The second kappa shape index (κ2) is 22.6. The van der Waals surface area contributed by atoms with Crippen LogP contribution >= 0.6 is 0 Å². The first kappa shape index (κ1) is 44.9. The number of benzene rings is 2. The van der Waals surface area contributed by atoms with Crippen molar-refractivity contribution < 1.29 is 4.79 Å². The van der Waals surface area contributed by atoms with E-state index in [-0.39, 0.29) is 24.0 Å². The van der Waals surface area contributed by atoms with Gasteiger partial charge in [-0.3, -0.25) is 14.6 Å². The van der Waals surface area contributed by atoms with Gasteiger partial charge in [-0.1, -0.05) is 68.1 Å². The molecular formula is C42H76N6O. The van der Waals surface area contributed by atoms with Crippen LogP contribution in [0.5, 0.6) is 0 Å². The van der Waals surface area contributed by atoms with Gasteiger partial charge in [0.05, 0.1) is 0 Å². The summed E-state index contributed by atoms with van der Waals surface area (Å²) in [6, 6.07) is 22.6. The molecule has 3 heterocycles. The van der Waals surface area contributed by atoms with Gasteiger partial charge < -0.3 is 21.7 Å². The highest BCUT2D eigenvalue weighted by atomic mass is 16.1. The minimum atomic E-state index is 0. The number of likely N-dealkylation sites (tertiary alicyclic amines) is 2. The van der Waals surface area contributed by atoms with Crippen molar-refractivity contribution in [3.63, 3.8) is 0 Å². The van der Waals surface area contributed by atoms with Gasteiger partial charge in [-0.05, 0) is 125 Å². The lowest BCUT2D eigenvalue weighted by atomic mass is 9.99. The van der Waals surface area contributed by atoms with E-state index in [1.165, 1.54) is 63.0 Å². The van der Waals surface area contributed by atoms with Crippen molar-refractivity contribution in [3.8, 4) is 0 Å². The molecule has 3 saturated heterocycles. The monoisotopic (exact) mass is 681 g/mol. The van der Waals surface area contributed by atoms with Crippen molar-refractivity contribution >= 4 is 5.78 Å². The second-order valence-electron chi connectivity index (χ2n) is 17.0. The molecule has 7 nitrogen and oxygen atoms in total. The molecule has 0 bridgehead atoms. The Balaban J connectivity index is 0.000000348. The summed E-state index contributed by atoms with van der Waals surface area (Å²) >= 11 is 0. The molecule has 0 aliphatic carbocycles. The number of hydrogen-bond acceptors (Lipinski definition) is 7. The molecule has 3 fully saturated rings. The van der Waals surface area contributed by atoms with Gasteiger partial charge in [0, 0.05) is 67.7 Å². The van der Waals surface area contributed by atoms with Crippen molar-refractivity contribution in [2.45, 2.75) is 150 Å². The molecule has 5 rings (SSSR count). The van der Waals surface area contributed by atoms with E-state index in [0.29, 0.717) is 11.8 Å². The Morgan fingerprint density at radius 2 is 0.980 bits per heavy atom. The molecule has 0 atom stereocenters. The van der Waals surface area contributed by atoms with Gasteiger partial charge in [-0.25, -0.2) is 0 Å². The van der Waals surface area contributed by atoms with Crippen LogP contribution in [0.15, 0.2) is 60.7 Å². The molecule has 0 saturated carbocycles. The lowest BCUT2D eigenvalue weighted by Gasteiger charge is -2.36. The Bertz CT molecular complexity index is 1090. The fourth-order valence-corrected chi connectivity index (χ4v) is 6.07. The van der Waals surface area contributed by atoms with E-state index < -0.39 is 0 Å². The zero-order valence-corrected chi connectivity index (χ0v) is 32.2. The topological polar surface area (TPSA) is 85.7 Å². The van der Waals surface area contributed by atoms with Gasteiger partial charge >= 0.3 is 0 Å². The number of nitrogens with zero attached hydrogens (tertiary/aromatic N) is 2. The molecule has 2 aromatic rings. The highest BCUT2D eigenvalue weighted by molar-refractivity contribution is 5.79. The molecule has 280 valence electrons. The Morgan fingerprint density at radius 1 is 0.633 bits per heavy atom. The predicted molar refractivity (Wildman–Crippen MR) is 213 cm³/mol. The van der Waals surface area contributed by atoms with Crippen molar-refractivity contribution in [2.24, 2.45) is 5.73 Å². The number of nitrogens with one attached hydrogen (secondary N) is 3. The maximum atomic E-state index is 11.0. The normalized spacial score (nSPS) is 18.4. The number of Topliss-reactive ketones (excluding diaryl/α,β-unsaturated/α-hetero) is 1. The average molecular weight is 681 g/mol. The van der Waals surface area contributed by atoms with Crippen molar-refractivity contribution in [1.82, 2.24) is 25.8 Å². The van der Waals surface area contributed by atoms with E-state index in [1.807, 2.05) is 26.8 Å². The minimum Gasteiger partial charge on any atom is -0.326 e. The lowest BCUT2D eigenvalue weighted by molar-refractivity contribution is -0.121. The summed E-state index contributed by atoms with van der Waals surface area (Å²) in [5.41, 5.74) is 8.64. The molecule has 3 aliphatic rings. The van der Waals surface area contributed by atoms with Crippen LogP contribution in [0.3, 0.4) is 0 Å². The van der Waals surface area contributed by atoms with E-state index in [2.05, 4.69) is 122 Å². The van der Waals surface area contributed by atoms with Crippen molar-refractivity contribution in [2.75, 3.05) is 39.3 Å². The van der Waals surface area contributed by atoms with Gasteiger partial charge in [-0.15, -0.1) is 0 Å². The number of carbonyl (C=O) groups is 1. The summed E-state index contributed by atoms with van der Waals surface area (Å²) < 4.78 is 0. The molecule has 0 spiro atoms. The summed E-state index contributed by atoms with van der Waals surface area (Å²) in [5, 5.41) is 10.7. The first-order valence-corrected chi connectivity index (χ1v) is 18.5. The number of nitrogens with two attached hydrogens (primary N) is 1. The highest BCUT2D eigenvalue weighted by Crippen LogP contribution is 2.16. The van der Waals surface area contributed by atoms with Crippen molar-refractivity contribution in [1.29, 1.82) is 0 Å². The highest BCUT2D eigenvalue weighted by Gasteiger charge is 2.23. The van der Waals surface area contributed by atoms with Crippen LogP contribution in [0.2, 0.25) is 0 Å². The maximum absolute atomic E-state index is 11.0. The summed E-state index contributed by atoms with van der Waals surface area (Å²) in [6.07, 6.45) is 6.54. The van der Waals surface area contributed by atoms with Gasteiger partial charge in [0.25, 0.3) is 0 Å². The van der Waals surface area contributed by atoms with E-state index >= 15 is 0 Å². The summed E-state index contributed by atoms with van der Waals surface area (Å²) in [5.74, 6) is 0.411. The standard InChI is InChI=1S/C16H26N2.C12H15NO.C9H20N2.C4H11N.CH4/c1-16(2,3)17-15-9-11-18(12-10-15)13-14-7-5-4-6-8-14;14-12-6-8-13(9-7-12)10-11-4-2-1-3-5-11;1-9(2,3)11-8-4-6-10-7-5-8;1-4(2,3)5;/h4-8,15,17H,9-13H2,1-3H3;1-5H,6-10H2;8,10-11H,4-7H2,1-3H3;5H2,1-3H3;1H4. The first-order chi connectivity index (χ1) is 22.4. The summed E-state index contributed by atoms with van der Waals surface area (Å²) in [6.45, 7) is 28.0. The quantitative estimate of drug-likeness (QED) is 0.253. The molecule has 7 heteroatoms. The van der Waals surface area contributed by atoms with Crippen LogP contribution in [-0.2, 0) is 17.9 Å². The number of piperidine rings is 3. The minimum absolute atomic E-state index is 0. The summed E-state index contributed by atoms with van der Waals surface area (Å²) in [7, 11) is 0. The van der Waals surface area contributed by atoms with E-state index in [9.17, 15) is 4.79 Å². The Hall–Kier alpha value is -2.13. The number of hydrogen-bond donors (Lipinski definition) is 4. The largest absolute Gasteiger partial charge is 0.326 e. The molecule has 0 radical (unpaired) electrons. The van der Waals surface area contributed by atoms with E-state index in [1.54, 1.807) is 0 Å². The van der Waals surface area contributed by atoms with Crippen molar-refractivity contribution in [3.05, 3.63) is 71.8 Å². The van der Waals surface area contributed by atoms with Gasteiger partial charge in [-0.2, -0.15) is 0 Å². The zero-order valence-electron chi connectivity index (χ0n) is 32.2. The Kier molecular flexibility index (Phi) is 20.7. The predicted octanol–water partition coefficient (Wildman–Crippen LogP) is 7.40. The Labute approximate surface area is 302 Å². The number of rotatable bonds is 6. The van der Waals surface area contributed by atoms with Crippen LogP contribution in [0.25, 0.3) is 0 Å². The van der Waals surface area contributed by atoms with Crippen LogP contribution < -0.4 is 21.7 Å². The SMILES string of the molecule is C.CC(C)(C)N.CC(C)(C)NC1CCN(Cc2ccccc2)CC1.CC(C)(C)NC1CCNCC1.O=C1CCN(Cc2ccccc2)CC1. The maximum Gasteiger partial charge on any atom is 0.135 e. The van der Waals surface area contributed by atoms with Gasteiger partial charge in [0.1, 0.15) is 5.78 Å². The number of ketones is 1. The Morgan fingerprint density at radius 3 is 1.35 bits per heavy atom. The number of carbonyl (C=O) groups excluding carboxylic acids is 1. The van der Waals surface area contributed by atoms with Crippen LogP contribution in [-0.4, -0.2) is 83.6 Å². The van der Waals surface area contributed by atoms with Crippen LogP contribution in [0.4, 0.5) is 0 Å². The van der Waals surface area contributed by atoms with Crippen LogP contribution in [0, 0.1) is 0 Å². The molecule has 0 unspecified atom stereocenters. The molecule has 49 heavy (non-hydrogen) atoms. The van der Waals surface area contributed by atoms with E-state index in [4.69, 9.17) is 5.73 Å². The first-order valence-electron chi connectivity index (χ1n) is 18.5. The third-order valence-electron chi connectivity index (χ3n) is 8.11. The third-order valence-corrected chi connectivity index (χ3v) is 8.11. The lowest BCUT2D eigenvalue weighted by Crippen LogP contribution is -2.49. The van der Waals surface area contributed by atoms with Gasteiger partial charge in [0.15, 0.2) is 0 Å². The second-order valence-corrected chi connectivity index (χ2v) is 17.0. The third kappa shape index (κ3) is 24.6. The fourth-order valence-electron chi connectivity index (χ4n) is 6.07. The molecule has 0 amide bonds. The molecule has 0 aromatic heterocycles. The van der Waals surface area contributed by atoms with Gasteiger partial charge in [0.2, 0.25) is 0 Å². The summed E-state index contributed by atoms with van der Waals surface area (Å²) in [4.78, 5) is 15.9. The molecular weight excluding hydrogens is 605 g/mol. The van der Waals surface area contributed by atoms with Crippen LogP contribution in [0.1, 0.15) is 119 Å². The smallest absolute Gasteiger partial charge is 0.135 e. The molecule has 5 N–H and O–H groups in total.